The lowest BCUT2D eigenvalue weighted by molar-refractivity contribution is 0.104. The average Bonchev–Trinajstić information content (AvgIpc) is 2.86. The van der Waals surface area contributed by atoms with Gasteiger partial charge in [-0.25, -0.2) is 0 Å². The van der Waals surface area contributed by atoms with Gasteiger partial charge in [0.05, 0.1) is 28.4 Å². The molecule has 0 aliphatic carbocycles. The number of ketones is 1. The van der Waals surface area contributed by atoms with E-state index in [1.165, 1.54) is 38.6 Å². The van der Waals surface area contributed by atoms with Crippen molar-refractivity contribution in [1.82, 2.24) is 0 Å². The molecule has 6 nitrogen and oxygen atoms in total. The monoisotopic (exact) mass is 480 g/mol. The van der Waals surface area contributed by atoms with E-state index in [1.54, 1.807) is 25.3 Å². The lowest BCUT2D eigenvalue weighted by Crippen LogP contribution is -2.00. The number of rotatable bonds is 13. The molecule has 2 aromatic carbocycles. The van der Waals surface area contributed by atoms with E-state index in [1.807, 2.05) is 18.2 Å². The molecule has 0 radical (unpaired) electrons. The summed E-state index contributed by atoms with van der Waals surface area (Å²) in [5, 5.41) is 0. The first-order chi connectivity index (χ1) is 16.8. The van der Waals surface area contributed by atoms with Crippen molar-refractivity contribution in [2.24, 2.45) is 0 Å². The molecule has 0 N–H and O–H groups in total. The Morgan fingerprint density at radius 3 is 2.03 bits per heavy atom. The van der Waals surface area contributed by atoms with Crippen molar-refractivity contribution < 1.29 is 28.5 Å². The van der Waals surface area contributed by atoms with Crippen LogP contribution in [0.3, 0.4) is 0 Å². The summed E-state index contributed by atoms with van der Waals surface area (Å²) in [7, 11) is 6.14. The predicted molar refractivity (Wildman–Crippen MR) is 140 cm³/mol. The predicted octanol–water partition coefficient (Wildman–Crippen LogP) is 6.69. The first kappa shape index (κ1) is 27.6. The molecule has 6 heteroatoms. The maximum Gasteiger partial charge on any atom is 0.203 e. The third kappa shape index (κ3) is 8.25. The van der Waals surface area contributed by atoms with E-state index in [0.29, 0.717) is 40.9 Å². The van der Waals surface area contributed by atoms with Gasteiger partial charge in [0, 0.05) is 5.56 Å². The van der Waals surface area contributed by atoms with Gasteiger partial charge in [-0.1, -0.05) is 29.4 Å². The van der Waals surface area contributed by atoms with Gasteiger partial charge in [-0.15, -0.1) is 0 Å². The minimum Gasteiger partial charge on any atom is -0.493 e. The quantitative estimate of drug-likeness (QED) is 0.181. The zero-order chi connectivity index (χ0) is 25.8. The second kappa shape index (κ2) is 13.9. The summed E-state index contributed by atoms with van der Waals surface area (Å²) in [6, 6.07) is 8.80. The topological polar surface area (TPSA) is 63.2 Å². The summed E-state index contributed by atoms with van der Waals surface area (Å²) >= 11 is 0. The van der Waals surface area contributed by atoms with Crippen molar-refractivity contribution in [2.75, 3.05) is 35.0 Å². The molecule has 0 atom stereocenters. The van der Waals surface area contributed by atoms with Gasteiger partial charge in [-0.3, -0.25) is 4.79 Å². The molecule has 0 bridgehead atoms. The highest BCUT2D eigenvalue weighted by atomic mass is 16.5. The molecule has 0 aliphatic heterocycles. The second-order valence-corrected chi connectivity index (χ2v) is 8.20. The molecule has 0 amide bonds. The highest BCUT2D eigenvalue weighted by Crippen LogP contribution is 2.38. The first-order valence-electron chi connectivity index (χ1n) is 11.4. The number of carbonyl (C=O) groups is 1. The third-order valence-corrected chi connectivity index (χ3v) is 5.33. The van der Waals surface area contributed by atoms with Gasteiger partial charge in [0.2, 0.25) is 5.75 Å². The summed E-state index contributed by atoms with van der Waals surface area (Å²) < 4.78 is 27.4. The molecule has 35 heavy (non-hydrogen) atoms. The van der Waals surface area contributed by atoms with Gasteiger partial charge in [0.1, 0.15) is 6.61 Å². The Morgan fingerprint density at radius 1 is 0.800 bits per heavy atom. The highest BCUT2D eigenvalue weighted by molar-refractivity contribution is 6.07. The van der Waals surface area contributed by atoms with Crippen LogP contribution in [0.4, 0.5) is 0 Å². The number of methoxy groups -OCH3 is 4. The van der Waals surface area contributed by atoms with Gasteiger partial charge in [0.15, 0.2) is 28.8 Å². The number of benzene rings is 2. The molecule has 0 saturated heterocycles. The molecule has 2 aromatic rings. The van der Waals surface area contributed by atoms with E-state index in [0.717, 1.165) is 18.4 Å². The van der Waals surface area contributed by atoms with Crippen molar-refractivity contribution >= 4 is 11.9 Å². The highest BCUT2D eigenvalue weighted by Gasteiger charge is 2.16. The first-order valence-corrected chi connectivity index (χ1v) is 11.4. The lowest BCUT2D eigenvalue weighted by atomic mass is 10.1. The van der Waals surface area contributed by atoms with Gasteiger partial charge in [0.25, 0.3) is 0 Å². The van der Waals surface area contributed by atoms with Crippen LogP contribution in [-0.2, 0) is 0 Å². The molecular weight excluding hydrogens is 444 g/mol. The second-order valence-electron chi connectivity index (χ2n) is 8.20. The van der Waals surface area contributed by atoms with Crippen LogP contribution in [0, 0.1) is 0 Å². The van der Waals surface area contributed by atoms with E-state index in [2.05, 4.69) is 32.9 Å². The van der Waals surface area contributed by atoms with Crippen LogP contribution in [0.25, 0.3) is 6.08 Å². The fraction of sp³-hybridized carbons (Fsp3) is 0.345. The molecular formula is C29H36O6. The fourth-order valence-electron chi connectivity index (χ4n) is 3.36. The van der Waals surface area contributed by atoms with Crippen LogP contribution in [0.2, 0.25) is 0 Å². The minimum atomic E-state index is -0.197. The Labute approximate surface area is 208 Å². The zero-order valence-corrected chi connectivity index (χ0v) is 21.8. The maximum absolute atomic E-state index is 12.8. The summed E-state index contributed by atoms with van der Waals surface area (Å²) in [6.45, 7) is 6.79. The molecule has 188 valence electrons. The summed E-state index contributed by atoms with van der Waals surface area (Å²) in [5.41, 5.74) is 3.85. The maximum atomic E-state index is 12.8. The number of carbonyl (C=O) groups excluding carboxylic acids is 1. The molecule has 0 aliphatic rings. The van der Waals surface area contributed by atoms with Gasteiger partial charge >= 0.3 is 0 Å². The molecule has 0 aromatic heterocycles. The van der Waals surface area contributed by atoms with Gasteiger partial charge < -0.3 is 23.7 Å². The number of ether oxygens (including phenoxy) is 5. The van der Waals surface area contributed by atoms with Crippen molar-refractivity contribution in [1.29, 1.82) is 0 Å². The molecule has 0 fully saturated rings. The van der Waals surface area contributed by atoms with E-state index < -0.39 is 0 Å². The SMILES string of the molecule is COc1cc(/C=C/C(=O)c2cc(OC)c(OC)c(OC)c2)ccc1OC/C=C(\C)CCC=C(C)C. The van der Waals surface area contributed by atoms with Gasteiger partial charge in [-0.05, 0) is 75.6 Å². The third-order valence-electron chi connectivity index (χ3n) is 5.33. The fourth-order valence-corrected chi connectivity index (χ4v) is 3.36. The molecule has 0 saturated carbocycles. The number of hydrogen-bond acceptors (Lipinski definition) is 6. The lowest BCUT2D eigenvalue weighted by Gasteiger charge is -2.13. The van der Waals surface area contributed by atoms with E-state index in [4.69, 9.17) is 23.7 Å². The zero-order valence-electron chi connectivity index (χ0n) is 21.8. The van der Waals surface area contributed by atoms with Crippen molar-refractivity contribution in [2.45, 2.75) is 33.6 Å². The Balaban J connectivity index is 2.10. The average molecular weight is 481 g/mol. The molecule has 0 unspecified atom stereocenters. The Morgan fingerprint density at radius 2 is 1.46 bits per heavy atom. The molecule has 2 rings (SSSR count). The van der Waals surface area contributed by atoms with Crippen LogP contribution in [0.15, 0.2) is 59.7 Å². The van der Waals surface area contributed by atoms with Crippen molar-refractivity contribution in [3.05, 3.63) is 70.8 Å². The van der Waals surface area contributed by atoms with Gasteiger partial charge in [-0.2, -0.15) is 0 Å². The van der Waals surface area contributed by atoms with Crippen molar-refractivity contribution in [3.8, 4) is 28.7 Å². The summed E-state index contributed by atoms with van der Waals surface area (Å²) in [6.07, 6.45) is 9.58. The van der Waals surface area contributed by atoms with Crippen molar-refractivity contribution in [3.63, 3.8) is 0 Å². The van der Waals surface area contributed by atoms with Crippen LogP contribution >= 0.6 is 0 Å². The van der Waals surface area contributed by atoms with Crippen LogP contribution in [0.1, 0.15) is 49.5 Å². The molecule has 0 heterocycles. The number of hydrogen-bond donors (Lipinski definition) is 0. The van der Waals surface area contributed by atoms with Crippen LogP contribution in [0.5, 0.6) is 28.7 Å². The summed E-state index contributed by atoms with van der Waals surface area (Å²) in [4.78, 5) is 12.8. The van der Waals surface area contributed by atoms with Crippen LogP contribution < -0.4 is 23.7 Å². The Bertz CT molecular complexity index is 1070. The standard InChI is InChI=1S/C29H36O6/c1-20(2)9-8-10-21(3)15-16-35-25-14-12-22(17-26(25)31-4)11-13-24(30)23-18-27(32-5)29(34-7)28(19-23)33-6/h9,11-15,17-19H,8,10,16H2,1-7H3/b13-11+,21-15+. The Hall–Kier alpha value is -3.67. The smallest absolute Gasteiger partial charge is 0.203 e. The van der Waals surface area contributed by atoms with E-state index in [9.17, 15) is 4.79 Å². The van der Waals surface area contributed by atoms with E-state index >= 15 is 0 Å². The largest absolute Gasteiger partial charge is 0.493 e. The van der Waals surface area contributed by atoms with E-state index in [-0.39, 0.29) is 5.78 Å². The normalized spacial score (nSPS) is 11.2. The van der Waals surface area contributed by atoms with Crippen LogP contribution in [-0.4, -0.2) is 40.8 Å². The molecule has 0 spiro atoms. The Kier molecular flexibility index (Phi) is 10.9. The summed E-state index contributed by atoms with van der Waals surface area (Å²) in [5.74, 6) is 2.34. The number of allylic oxidation sites excluding steroid dienone is 4. The minimum absolute atomic E-state index is 0.197.